The van der Waals surface area contributed by atoms with Gasteiger partial charge in [0.2, 0.25) is 11.8 Å². The molecule has 0 radical (unpaired) electrons. The van der Waals surface area contributed by atoms with Crippen molar-refractivity contribution in [1.82, 2.24) is 15.5 Å². The van der Waals surface area contributed by atoms with Gasteiger partial charge in [0.25, 0.3) is 0 Å². The maximum Gasteiger partial charge on any atom is 0.225 e. The molecule has 0 spiro atoms. The van der Waals surface area contributed by atoms with Gasteiger partial charge in [-0.05, 0) is 39.7 Å². The fourth-order valence-electron chi connectivity index (χ4n) is 3.49. The summed E-state index contributed by atoms with van der Waals surface area (Å²) >= 11 is 0. The minimum Gasteiger partial charge on any atom is -0.353 e. The number of halogens is 1. The van der Waals surface area contributed by atoms with Crippen LogP contribution in [0.15, 0.2) is 0 Å². The molecular formula is C16H30ClN3O2. The highest BCUT2D eigenvalue weighted by molar-refractivity contribution is 5.89. The predicted molar refractivity (Wildman–Crippen MR) is 90.1 cm³/mol. The molecule has 2 fully saturated rings. The zero-order valence-electron chi connectivity index (χ0n) is 13.9. The Labute approximate surface area is 140 Å². The first-order chi connectivity index (χ1) is 10.0. The lowest BCUT2D eigenvalue weighted by Gasteiger charge is -2.29. The number of nitrogens with one attached hydrogen (secondary N) is 2. The Kier molecular flexibility index (Phi) is 7.63. The molecule has 2 heterocycles. The molecule has 4 unspecified atom stereocenters. The van der Waals surface area contributed by atoms with Crippen LogP contribution in [0.2, 0.25) is 0 Å². The molecule has 0 aliphatic carbocycles. The van der Waals surface area contributed by atoms with Crippen molar-refractivity contribution >= 4 is 24.2 Å². The van der Waals surface area contributed by atoms with E-state index in [2.05, 4.69) is 31.4 Å². The normalized spacial score (nSPS) is 29.9. The molecule has 22 heavy (non-hydrogen) atoms. The highest BCUT2D eigenvalue weighted by Crippen LogP contribution is 2.22. The molecule has 5 nitrogen and oxygen atoms in total. The van der Waals surface area contributed by atoms with Gasteiger partial charge in [0.1, 0.15) is 0 Å². The minimum atomic E-state index is -0.165. The molecule has 2 amide bonds. The van der Waals surface area contributed by atoms with Crippen LogP contribution in [0.4, 0.5) is 0 Å². The van der Waals surface area contributed by atoms with E-state index in [1.165, 1.54) is 0 Å². The third-order valence-electron chi connectivity index (χ3n) is 4.74. The molecule has 0 saturated carbocycles. The van der Waals surface area contributed by atoms with Gasteiger partial charge in [0.05, 0.1) is 5.92 Å². The second-order valence-corrected chi connectivity index (χ2v) is 6.67. The SMILES string of the molecule is CCCC(C)N1CC(C(=O)NC2CCNC(C)C2)CC1=O.Cl. The van der Waals surface area contributed by atoms with Crippen molar-refractivity contribution in [1.29, 1.82) is 0 Å². The molecule has 2 N–H and O–H groups in total. The van der Waals surface area contributed by atoms with E-state index in [0.717, 1.165) is 32.2 Å². The van der Waals surface area contributed by atoms with Gasteiger partial charge in [-0.2, -0.15) is 0 Å². The summed E-state index contributed by atoms with van der Waals surface area (Å²) in [5.41, 5.74) is 0. The number of piperidine rings is 1. The van der Waals surface area contributed by atoms with Gasteiger partial charge >= 0.3 is 0 Å². The van der Waals surface area contributed by atoms with E-state index in [-0.39, 0.29) is 42.2 Å². The first-order valence-corrected chi connectivity index (χ1v) is 8.34. The summed E-state index contributed by atoms with van der Waals surface area (Å²) in [4.78, 5) is 26.4. The second kappa shape index (κ2) is 8.73. The molecule has 0 aromatic carbocycles. The first-order valence-electron chi connectivity index (χ1n) is 8.34. The van der Waals surface area contributed by atoms with Crippen molar-refractivity contribution in [2.24, 2.45) is 5.92 Å². The highest BCUT2D eigenvalue weighted by Gasteiger charge is 2.37. The van der Waals surface area contributed by atoms with Crippen LogP contribution in [0, 0.1) is 5.92 Å². The summed E-state index contributed by atoms with van der Waals surface area (Å²) < 4.78 is 0. The number of amides is 2. The van der Waals surface area contributed by atoms with Crippen molar-refractivity contribution in [3.63, 3.8) is 0 Å². The smallest absolute Gasteiger partial charge is 0.225 e. The van der Waals surface area contributed by atoms with Crippen LogP contribution in [0.5, 0.6) is 0 Å². The van der Waals surface area contributed by atoms with Crippen LogP contribution in [0.25, 0.3) is 0 Å². The lowest BCUT2D eigenvalue weighted by molar-refractivity contribution is -0.130. The molecule has 0 bridgehead atoms. The van der Waals surface area contributed by atoms with Crippen molar-refractivity contribution in [3.05, 3.63) is 0 Å². The van der Waals surface area contributed by atoms with Gasteiger partial charge in [-0.15, -0.1) is 12.4 Å². The summed E-state index contributed by atoms with van der Waals surface area (Å²) in [6.45, 7) is 7.89. The van der Waals surface area contributed by atoms with E-state index >= 15 is 0 Å². The number of carbonyl (C=O) groups excluding carboxylic acids is 2. The Morgan fingerprint density at radius 2 is 2.23 bits per heavy atom. The minimum absolute atomic E-state index is 0. The average Bonchev–Trinajstić information content (AvgIpc) is 2.81. The van der Waals surface area contributed by atoms with Gasteiger partial charge in [-0.25, -0.2) is 0 Å². The molecule has 2 rings (SSSR count). The lowest BCUT2D eigenvalue weighted by Crippen LogP contribution is -2.48. The monoisotopic (exact) mass is 331 g/mol. The van der Waals surface area contributed by atoms with Crippen molar-refractivity contribution in [3.8, 4) is 0 Å². The maximum atomic E-state index is 12.4. The largest absolute Gasteiger partial charge is 0.353 e. The summed E-state index contributed by atoms with van der Waals surface area (Å²) in [5, 5.41) is 6.53. The van der Waals surface area contributed by atoms with Crippen LogP contribution in [0.1, 0.15) is 52.9 Å². The third kappa shape index (κ3) is 4.85. The number of rotatable bonds is 5. The Hall–Kier alpha value is -0.810. The zero-order chi connectivity index (χ0) is 15.4. The van der Waals surface area contributed by atoms with Crippen molar-refractivity contribution < 1.29 is 9.59 Å². The Bertz CT molecular complexity index is 392. The van der Waals surface area contributed by atoms with Crippen molar-refractivity contribution in [2.45, 2.75) is 71.0 Å². The van der Waals surface area contributed by atoms with Crippen LogP contribution in [-0.2, 0) is 9.59 Å². The molecule has 128 valence electrons. The summed E-state index contributed by atoms with van der Waals surface area (Å²) in [6.07, 6.45) is 4.40. The number of carbonyl (C=O) groups is 2. The predicted octanol–water partition coefficient (Wildman–Crippen LogP) is 1.70. The van der Waals surface area contributed by atoms with Crippen LogP contribution in [-0.4, -0.2) is 47.9 Å². The second-order valence-electron chi connectivity index (χ2n) is 6.67. The molecule has 2 saturated heterocycles. The molecule has 0 aromatic heterocycles. The standard InChI is InChI=1S/C16H29N3O2.ClH/c1-4-5-12(3)19-10-13(9-15(19)20)16(21)18-14-6-7-17-11(2)8-14;/h11-14,17H,4-10H2,1-3H3,(H,18,21);1H. The number of likely N-dealkylation sites (tertiary alicyclic amines) is 1. The molecule has 0 aromatic rings. The topological polar surface area (TPSA) is 61.4 Å². The highest BCUT2D eigenvalue weighted by atomic mass is 35.5. The van der Waals surface area contributed by atoms with Gasteiger partial charge < -0.3 is 15.5 Å². The summed E-state index contributed by atoms with van der Waals surface area (Å²) in [5.74, 6) is 0.0328. The van der Waals surface area contributed by atoms with Crippen LogP contribution < -0.4 is 10.6 Å². The van der Waals surface area contributed by atoms with E-state index in [0.29, 0.717) is 19.0 Å². The third-order valence-corrected chi connectivity index (χ3v) is 4.74. The summed E-state index contributed by atoms with van der Waals surface area (Å²) in [7, 11) is 0. The van der Waals surface area contributed by atoms with Gasteiger partial charge in [-0.3, -0.25) is 9.59 Å². The van der Waals surface area contributed by atoms with Crippen LogP contribution in [0.3, 0.4) is 0 Å². The van der Waals surface area contributed by atoms with E-state index in [9.17, 15) is 9.59 Å². The zero-order valence-corrected chi connectivity index (χ0v) is 14.7. The molecule has 6 heteroatoms. The number of hydrogen-bond acceptors (Lipinski definition) is 3. The number of nitrogens with zero attached hydrogens (tertiary/aromatic N) is 1. The Morgan fingerprint density at radius 3 is 2.86 bits per heavy atom. The quantitative estimate of drug-likeness (QED) is 0.806. The summed E-state index contributed by atoms with van der Waals surface area (Å²) in [6, 6.07) is 0.959. The molecule has 2 aliphatic heterocycles. The van der Waals surface area contributed by atoms with E-state index in [1.54, 1.807) is 0 Å². The van der Waals surface area contributed by atoms with E-state index in [4.69, 9.17) is 0 Å². The van der Waals surface area contributed by atoms with E-state index < -0.39 is 0 Å². The fourth-order valence-corrected chi connectivity index (χ4v) is 3.49. The van der Waals surface area contributed by atoms with Crippen LogP contribution >= 0.6 is 12.4 Å². The van der Waals surface area contributed by atoms with Gasteiger partial charge in [-0.1, -0.05) is 13.3 Å². The fraction of sp³-hybridized carbons (Fsp3) is 0.875. The lowest BCUT2D eigenvalue weighted by atomic mass is 9.99. The maximum absolute atomic E-state index is 12.4. The molecule has 4 atom stereocenters. The molecule has 2 aliphatic rings. The Morgan fingerprint density at radius 1 is 1.50 bits per heavy atom. The first kappa shape index (κ1) is 19.2. The van der Waals surface area contributed by atoms with Crippen molar-refractivity contribution in [2.75, 3.05) is 13.1 Å². The van der Waals surface area contributed by atoms with E-state index in [1.807, 2.05) is 4.90 Å². The molecular weight excluding hydrogens is 302 g/mol. The van der Waals surface area contributed by atoms with Gasteiger partial charge in [0, 0.05) is 31.1 Å². The number of hydrogen-bond donors (Lipinski definition) is 2. The Balaban J connectivity index is 0.00000242. The van der Waals surface area contributed by atoms with Gasteiger partial charge in [0.15, 0.2) is 0 Å². The average molecular weight is 332 g/mol.